The van der Waals surface area contributed by atoms with E-state index in [1.54, 1.807) is 6.20 Å². The van der Waals surface area contributed by atoms with Gasteiger partial charge in [0.25, 0.3) is 5.91 Å². The van der Waals surface area contributed by atoms with E-state index in [2.05, 4.69) is 22.1 Å². The minimum absolute atomic E-state index is 0.156. The van der Waals surface area contributed by atoms with Crippen molar-refractivity contribution in [3.8, 4) is 17.6 Å². The molecule has 0 bridgehead atoms. The van der Waals surface area contributed by atoms with E-state index in [0.29, 0.717) is 17.8 Å². The molecule has 0 spiro atoms. The standard InChI is InChI=1S/C22H16N2O2/c25-22(21-15-17-7-1-2-10-20(17)26-21)24-19-9-5-6-16(14-19)11-12-18-8-3-4-13-23-18/h1-10,13-14,21H,15H2,(H,24,25)/t21-/m1/s1. The summed E-state index contributed by atoms with van der Waals surface area (Å²) in [6.07, 6.45) is 1.79. The summed E-state index contributed by atoms with van der Waals surface area (Å²) in [6, 6.07) is 20.8. The van der Waals surface area contributed by atoms with Gasteiger partial charge in [-0.15, -0.1) is 0 Å². The van der Waals surface area contributed by atoms with Crippen LogP contribution in [0.4, 0.5) is 5.69 Å². The third-order valence-electron chi connectivity index (χ3n) is 4.07. The number of carbonyl (C=O) groups excluding carboxylic acids is 1. The average molecular weight is 340 g/mol. The van der Waals surface area contributed by atoms with E-state index in [4.69, 9.17) is 4.74 Å². The van der Waals surface area contributed by atoms with Crippen LogP contribution in [-0.4, -0.2) is 17.0 Å². The van der Waals surface area contributed by atoms with Gasteiger partial charge in [-0.05, 0) is 47.9 Å². The number of pyridine rings is 1. The number of fused-ring (bicyclic) bond motifs is 1. The Hall–Kier alpha value is -3.58. The average Bonchev–Trinajstić information content (AvgIpc) is 3.12. The molecule has 0 radical (unpaired) electrons. The molecule has 1 atom stereocenters. The second-order valence-electron chi connectivity index (χ2n) is 5.95. The Morgan fingerprint density at radius 1 is 1.04 bits per heavy atom. The molecule has 0 unspecified atom stereocenters. The van der Waals surface area contributed by atoms with E-state index in [1.807, 2.05) is 66.7 Å². The number of hydrogen-bond acceptors (Lipinski definition) is 3. The lowest BCUT2D eigenvalue weighted by atomic mass is 10.1. The van der Waals surface area contributed by atoms with Gasteiger partial charge in [-0.25, -0.2) is 4.98 Å². The molecule has 26 heavy (non-hydrogen) atoms. The Kier molecular flexibility index (Phi) is 4.36. The first kappa shape index (κ1) is 15.9. The molecule has 1 aliphatic rings. The fourth-order valence-corrected chi connectivity index (χ4v) is 2.80. The minimum atomic E-state index is -0.504. The first-order valence-corrected chi connectivity index (χ1v) is 8.36. The fourth-order valence-electron chi connectivity index (χ4n) is 2.80. The van der Waals surface area contributed by atoms with E-state index in [0.717, 1.165) is 16.9 Å². The molecule has 4 nitrogen and oxygen atoms in total. The predicted molar refractivity (Wildman–Crippen MR) is 99.9 cm³/mol. The van der Waals surface area contributed by atoms with Crippen LogP contribution in [0.5, 0.6) is 5.75 Å². The zero-order valence-corrected chi connectivity index (χ0v) is 14.0. The number of para-hydroxylation sites is 1. The number of nitrogens with one attached hydrogen (secondary N) is 1. The van der Waals surface area contributed by atoms with Crippen LogP contribution in [0.25, 0.3) is 0 Å². The lowest BCUT2D eigenvalue weighted by Crippen LogP contribution is -2.31. The summed E-state index contributed by atoms with van der Waals surface area (Å²) in [7, 11) is 0. The molecule has 1 aliphatic heterocycles. The Bertz CT molecular complexity index is 978. The molecule has 0 saturated heterocycles. The first-order valence-electron chi connectivity index (χ1n) is 8.36. The predicted octanol–water partition coefficient (Wildman–Crippen LogP) is 3.42. The quantitative estimate of drug-likeness (QED) is 0.727. The topological polar surface area (TPSA) is 51.2 Å². The van der Waals surface area contributed by atoms with Crippen molar-refractivity contribution in [2.75, 3.05) is 5.32 Å². The van der Waals surface area contributed by atoms with Gasteiger partial charge in [0.05, 0.1) is 0 Å². The van der Waals surface area contributed by atoms with Crippen molar-refractivity contribution in [1.82, 2.24) is 4.98 Å². The molecule has 2 aromatic carbocycles. The molecule has 0 aliphatic carbocycles. The van der Waals surface area contributed by atoms with Gasteiger partial charge in [0.15, 0.2) is 6.10 Å². The van der Waals surface area contributed by atoms with Crippen molar-refractivity contribution in [2.45, 2.75) is 12.5 Å². The minimum Gasteiger partial charge on any atom is -0.480 e. The highest BCUT2D eigenvalue weighted by Crippen LogP contribution is 2.28. The van der Waals surface area contributed by atoms with Gasteiger partial charge in [0.1, 0.15) is 11.4 Å². The molecule has 126 valence electrons. The highest BCUT2D eigenvalue weighted by Gasteiger charge is 2.28. The van der Waals surface area contributed by atoms with Gasteiger partial charge in [-0.2, -0.15) is 0 Å². The number of rotatable bonds is 2. The number of carbonyl (C=O) groups is 1. The summed E-state index contributed by atoms with van der Waals surface area (Å²) in [5.41, 5.74) is 3.27. The maximum Gasteiger partial charge on any atom is 0.265 e. The van der Waals surface area contributed by atoms with Crippen LogP contribution >= 0.6 is 0 Å². The van der Waals surface area contributed by atoms with Crippen molar-refractivity contribution >= 4 is 11.6 Å². The van der Waals surface area contributed by atoms with Crippen LogP contribution < -0.4 is 10.1 Å². The van der Waals surface area contributed by atoms with Crippen molar-refractivity contribution in [3.63, 3.8) is 0 Å². The fraction of sp³-hybridized carbons (Fsp3) is 0.0909. The van der Waals surface area contributed by atoms with E-state index in [-0.39, 0.29) is 5.91 Å². The van der Waals surface area contributed by atoms with Crippen molar-refractivity contribution in [3.05, 3.63) is 89.7 Å². The largest absolute Gasteiger partial charge is 0.480 e. The molecule has 1 N–H and O–H groups in total. The molecular weight excluding hydrogens is 324 g/mol. The lowest BCUT2D eigenvalue weighted by molar-refractivity contribution is -0.122. The molecule has 0 fully saturated rings. The van der Waals surface area contributed by atoms with Crippen LogP contribution in [-0.2, 0) is 11.2 Å². The van der Waals surface area contributed by atoms with Gasteiger partial charge < -0.3 is 10.1 Å². The van der Waals surface area contributed by atoms with Crippen LogP contribution in [0, 0.1) is 11.8 Å². The summed E-state index contributed by atoms with van der Waals surface area (Å²) in [4.78, 5) is 16.7. The number of anilines is 1. The Labute approximate surface area is 151 Å². The number of nitrogens with zero attached hydrogens (tertiary/aromatic N) is 1. The van der Waals surface area contributed by atoms with Gasteiger partial charge in [-0.3, -0.25) is 4.79 Å². The summed E-state index contributed by atoms with van der Waals surface area (Å²) in [5, 5.41) is 2.91. The Morgan fingerprint density at radius 2 is 1.92 bits per heavy atom. The molecule has 4 rings (SSSR count). The molecule has 3 aromatic rings. The molecule has 1 aromatic heterocycles. The van der Waals surface area contributed by atoms with Crippen LogP contribution in [0.2, 0.25) is 0 Å². The zero-order chi connectivity index (χ0) is 17.8. The second-order valence-corrected chi connectivity index (χ2v) is 5.95. The molecular formula is C22H16N2O2. The monoisotopic (exact) mass is 340 g/mol. The second kappa shape index (κ2) is 7.12. The van der Waals surface area contributed by atoms with Gasteiger partial charge in [-0.1, -0.05) is 36.3 Å². The number of benzene rings is 2. The van der Waals surface area contributed by atoms with Crippen LogP contribution in [0.1, 0.15) is 16.8 Å². The maximum absolute atomic E-state index is 12.5. The van der Waals surface area contributed by atoms with Crippen molar-refractivity contribution < 1.29 is 9.53 Å². The summed E-state index contributed by atoms with van der Waals surface area (Å²) in [6.45, 7) is 0. The third kappa shape index (κ3) is 3.57. The van der Waals surface area contributed by atoms with Crippen LogP contribution in [0.3, 0.4) is 0 Å². The smallest absolute Gasteiger partial charge is 0.265 e. The lowest BCUT2D eigenvalue weighted by Gasteiger charge is -2.11. The zero-order valence-electron chi connectivity index (χ0n) is 14.0. The number of hydrogen-bond donors (Lipinski definition) is 1. The van der Waals surface area contributed by atoms with E-state index in [1.165, 1.54) is 0 Å². The number of amides is 1. The van der Waals surface area contributed by atoms with Gasteiger partial charge >= 0.3 is 0 Å². The van der Waals surface area contributed by atoms with Crippen molar-refractivity contribution in [2.24, 2.45) is 0 Å². The third-order valence-corrected chi connectivity index (χ3v) is 4.07. The summed E-state index contributed by atoms with van der Waals surface area (Å²) >= 11 is 0. The number of ether oxygens (including phenoxy) is 1. The Balaban J connectivity index is 1.45. The molecule has 1 amide bonds. The molecule has 2 heterocycles. The van der Waals surface area contributed by atoms with E-state index >= 15 is 0 Å². The maximum atomic E-state index is 12.5. The highest BCUT2D eigenvalue weighted by molar-refractivity contribution is 5.95. The molecule has 4 heteroatoms. The SMILES string of the molecule is O=C(Nc1cccc(C#Cc2ccccn2)c1)[C@H]1Cc2ccccc2O1. The summed E-state index contributed by atoms with van der Waals surface area (Å²) in [5.74, 6) is 6.70. The summed E-state index contributed by atoms with van der Waals surface area (Å²) < 4.78 is 5.73. The van der Waals surface area contributed by atoms with E-state index in [9.17, 15) is 4.79 Å². The van der Waals surface area contributed by atoms with Crippen molar-refractivity contribution in [1.29, 1.82) is 0 Å². The van der Waals surface area contributed by atoms with E-state index < -0.39 is 6.10 Å². The normalized spacial score (nSPS) is 14.5. The Morgan fingerprint density at radius 3 is 2.77 bits per heavy atom. The molecule has 0 saturated carbocycles. The van der Waals surface area contributed by atoms with Crippen LogP contribution in [0.15, 0.2) is 72.9 Å². The highest BCUT2D eigenvalue weighted by atomic mass is 16.5. The van der Waals surface area contributed by atoms with Gasteiger partial charge in [0.2, 0.25) is 0 Å². The first-order chi connectivity index (χ1) is 12.8. The number of aromatic nitrogens is 1. The van der Waals surface area contributed by atoms with Gasteiger partial charge in [0, 0.05) is 23.9 Å².